The van der Waals surface area contributed by atoms with Gasteiger partial charge in [0.2, 0.25) is 0 Å². The molecule has 0 saturated carbocycles. The SMILES string of the molecule is Cc1ccc(N(C)C(=O)c2ccccc2)c(OCCCCC(=C=O)N2CCN(C)CC2)c1. The number of hydrogen-bond donors (Lipinski definition) is 0. The summed E-state index contributed by atoms with van der Waals surface area (Å²) in [7, 11) is 3.87. The van der Waals surface area contributed by atoms with E-state index in [0.29, 0.717) is 24.3 Å². The third kappa shape index (κ3) is 6.22. The Labute approximate surface area is 191 Å². The number of allylic oxidation sites excluding steroid dienone is 1. The molecule has 32 heavy (non-hydrogen) atoms. The topological polar surface area (TPSA) is 53.1 Å². The van der Waals surface area contributed by atoms with Crippen LogP contribution in [0, 0.1) is 6.92 Å². The number of piperazine rings is 1. The number of anilines is 1. The first-order valence-electron chi connectivity index (χ1n) is 11.2. The first-order chi connectivity index (χ1) is 15.5. The molecule has 1 saturated heterocycles. The largest absolute Gasteiger partial charge is 0.491 e. The molecule has 1 amide bonds. The molecule has 1 fully saturated rings. The maximum atomic E-state index is 12.9. The number of benzene rings is 2. The first kappa shape index (κ1) is 23.6. The van der Waals surface area contributed by atoms with Crippen LogP contribution in [-0.4, -0.2) is 68.5 Å². The smallest absolute Gasteiger partial charge is 0.258 e. The van der Waals surface area contributed by atoms with Gasteiger partial charge in [0, 0.05) is 38.8 Å². The highest BCUT2D eigenvalue weighted by atomic mass is 16.5. The van der Waals surface area contributed by atoms with Crippen molar-refractivity contribution in [3.8, 4) is 5.75 Å². The van der Waals surface area contributed by atoms with E-state index in [4.69, 9.17) is 4.74 Å². The Hall–Kier alpha value is -3.08. The van der Waals surface area contributed by atoms with E-state index >= 15 is 0 Å². The number of unbranched alkanes of at least 4 members (excludes halogenated alkanes) is 1. The summed E-state index contributed by atoms with van der Waals surface area (Å²) in [6.45, 7) is 6.24. The van der Waals surface area contributed by atoms with Gasteiger partial charge in [-0.25, -0.2) is 4.79 Å². The zero-order valence-electron chi connectivity index (χ0n) is 19.3. The highest BCUT2D eigenvalue weighted by molar-refractivity contribution is 6.06. The third-order valence-electron chi connectivity index (χ3n) is 5.87. The van der Waals surface area contributed by atoms with Gasteiger partial charge in [-0.1, -0.05) is 24.3 Å². The second-order valence-electron chi connectivity index (χ2n) is 8.35. The predicted octanol–water partition coefficient (Wildman–Crippen LogP) is 3.78. The van der Waals surface area contributed by atoms with Crippen molar-refractivity contribution in [2.75, 3.05) is 51.8 Å². The molecular weight excluding hydrogens is 402 g/mol. The van der Waals surface area contributed by atoms with Gasteiger partial charge in [-0.05, 0) is 63.1 Å². The molecule has 6 heteroatoms. The molecule has 1 aliphatic rings. The Morgan fingerprint density at radius 1 is 1.06 bits per heavy atom. The Morgan fingerprint density at radius 3 is 2.47 bits per heavy atom. The fourth-order valence-corrected chi connectivity index (χ4v) is 3.82. The van der Waals surface area contributed by atoms with E-state index in [0.717, 1.165) is 56.0 Å². The second-order valence-corrected chi connectivity index (χ2v) is 8.35. The lowest BCUT2D eigenvalue weighted by Crippen LogP contribution is -2.44. The van der Waals surface area contributed by atoms with E-state index in [2.05, 4.69) is 22.8 Å². The van der Waals surface area contributed by atoms with Crippen molar-refractivity contribution in [3.63, 3.8) is 0 Å². The Bertz CT molecular complexity index is 946. The second kappa shape index (κ2) is 11.5. The van der Waals surface area contributed by atoms with E-state index in [1.54, 1.807) is 11.9 Å². The molecule has 170 valence electrons. The van der Waals surface area contributed by atoms with Gasteiger partial charge in [-0.2, -0.15) is 0 Å². The molecule has 0 aromatic heterocycles. The minimum atomic E-state index is -0.0766. The summed E-state index contributed by atoms with van der Waals surface area (Å²) in [5.41, 5.74) is 3.22. The first-order valence-corrected chi connectivity index (χ1v) is 11.2. The van der Waals surface area contributed by atoms with Crippen LogP contribution in [0.4, 0.5) is 5.69 Å². The van der Waals surface area contributed by atoms with Gasteiger partial charge in [0.05, 0.1) is 18.0 Å². The number of likely N-dealkylation sites (N-methyl/N-ethyl adjacent to an activating group) is 1. The molecule has 0 aliphatic carbocycles. The molecule has 2 aromatic rings. The molecule has 0 radical (unpaired) electrons. The molecule has 2 aromatic carbocycles. The average Bonchev–Trinajstić information content (AvgIpc) is 2.82. The molecule has 0 bridgehead atoms. The van der Waals surface area contributed by atoms with Crippen LogP contribution in [0.3, 0.4) is 0 Å². The van der Waals surface area contributed by atoms with Crippen LogP contribution in [0.25, 0.3) is 0 Å². The van der Waals surface area contributed by atoms with Gasteiger partial charge < -0.3 is 19.4 Å². The predicted molar refractivity (Wildman–Crippen MR) is 128 cm³/mol. The van der Waals surface area contributed by atoms with Gasteiger partial charge in [0.1, 0.15) is 11.7 Å². The fourth-order valence-electron chi connectivity index (χ4n) is 3.82. The van der Waals surface area contributed by atoms with Crippen LogP contribution >= 0.6 is 0 Å². The van der Waals surface area contributed by atoms with Crippen LogP contribution in [0.5, 0.6) is 5.75 Å². The summed E-state index contributed by atoms with van der Waals surface area (Å²) < 4.78 is 6.08. The quantitative estimate of drug-likeness (QED) is 0.443. The van der Waals surface area contributed by atoms with Gasteiger partial charge in [-0.15, -0.1) is 0 Å². The summed E-state index contributed by atoms with van der Waals surface area (Å²) in [6.07, 6.45) is 2.39. The summed E-state index contributed by atoms with van der Waals surface area (Å²) in [6, 6.07) is 15.1. The Morgan fingerprint density at radius 2 is 1.78 bits per heavy atom. The standard InChI is InChI=1S/C26H33N3O3/c1-21-12-13-24(28(3)26(31)22-9-5-4-6-10-22)25(19-21)32-18-8-7-11-23(20-30)29-16-14-27(2)15-17-29/h4-6,9-10,12-13,19H,7-8,11,14-18H2,1-3H3. The normalized spacial score (nSPS) is 14.0. The molecule has 0 atom stereocenters. The molecular formula is C26H33N3O3. The summed E-state index contributed by atoms with van der Waals surface area (Å²) in [4.78, 5) is 30.3. The third-order valence-corrected chi connectivity index (χ3v) is 5.87. The van der Waals surface area contributed by atoms with Gasteiger partial charge in [-0.3, -0.25) is 4.79 Å². The number of rotatable bonds is 9. The van der Waals surface area contributed by atoms with E-state index in [1.807, 2.05) is 55.5 Å². The van der Waals surface area contributed by atoms with Crippen LogP contribution in [0.1, 0.15) is 35.2 Å². The molecule has 1 heterocycles. The fraction of sp³-hybridized carbons (Fsp3) is 0.423. The highest BCUT2D eigenvalue weighted by Crippen LogP contribution is 2.30. The summed E-state index contributed by atoms with van der Waals surface area (Å²) >= 11 is 0. The van der Waals surface area contributed by atoms with Crippen molar-refractivity contribution in [1.82, 2.24) is 9.80 Å². The average molecular weight is 436 g/mol. The van der Waals surface area contributed by atoms with E-state index in [-0.39, 0.29) is 5.91 Å². The van der Waals surface area contributed by atoms with Crippen molar-refractivity contribution in [3.05, 3.63) is 65.4 Å². The van der Waals surface area contributed by atoms with Crippen molar-refractivity contribution < 1.29 is 14.3 Å². The van der Waals surface area contributed by atoms with Crippen molar-refractivity contribution in [1.29, 1.82) is 0 Å². The number of carbonyl (C=O) groups excluding carboxylic acids is 2. The molecule has 6 nitrogen and oxygen atoms in total. The monoisotopic (exact) mass is 435 g/mol. The summed E-state index contributed by atoms with van der Waals surface area (Å²) in [5, 5.41) is 0. The minimum Gasteiger partial charge on any atom is -0.491 e. The zero-order chi connectivity index (χ0) is 22.9. The van der Waals surface area contributed by atoms with Crippen molar-refractivity contribution in [2.45, 2.75) is 26.2 Å². The van der Waals surface area contributed by atoms with Crippen molar-refractivity contribution >= 4 is 17.5 Å². The lowest BCUT2D eigenvalue weighted by Gasteiger charge is -2.34. The lowest BCUT2D eigenvalue weighted by molar-refractivity contribution is 0.0992. The van der Waals surface area contributed by atoms with E-state index < -0.39 is 0 Å². The van der Waals surface area contributed by atoms with Gasteiger partial charge in [0.25, 0.3) is 5.91 Å². The molecule has 3 rings (SSSR count). The molecule has 0 spiro atoms. The van der Waals surface area contributed by atoms with E-state index in [9.17, 15) is 9.59 Å². The van der Waals surface area contributed by atoms with Crippen LogP contribution in [0.2, 0.25) is 0 Å². The number of amides is 1. The number of ether oxygens (including phenoxy) is 1. The number of aryl methyl sites for hydroxylation is 1. The van der Waals surface area contributed by atoms with Crippen LogP contribution < -0.4 is 9.64 Å². The zero-order valence-corrected chi connectivity index (χ0v) is 19.3. The molecule has 0 N–H and O–H groups in total. The van der Waals surface area contributed by atoms with Gasteiger partial charge in [0.15, 0.2) is 0 Å². The lowest BCUT2D eigenvalue weighted by atomic mass is 10.1. The molecule has 0 unspecified atom stereocenters. The maximum Gasteiger partial charge on any atom is 0.258 e. The van der Waals surface area contributed by atoms with E-state index in [1.165, 1.54) is 0 Å². The Kier molecular flexibility index (Phi) is 8.48. The highest BCUT2D eigenvalue weighted by Gasteiger charge is 2.18. The Balaban J connectivity index is 1.54. The van der Waals surface area contributed by atoms with Crippen LogP contribution in [-0.2, 0) is 4.79 Å². The number of carbonyl (C=O) groups is 1. The van der Waals surface area contributed by atoms with Crippen molar-refractivity contribution in [2.24, 2.45) is 0 Å². The molecule has 1 aliphatic heterocycles. The van der Waals surface area contributed by atoms with Crippen LogP contribution in [0.15, 0.2) is 54.2 Å². The minimum absolute atomic E-state index is 0.0766. The summed E-state index contributed by atoms with van der Waals surface area (Å²) in [5.74, 6) is 2.76. The number of nitrogens with zero attached hydrogens (tertiary/aromatic N) is 3. The maximum absolute atomic E-state index is 12.9. The van der Waals surface area contributed by atoms with Gasteiger partial charge >= 0.3 is 0 Å². The number of hydrogen-bond acceptors (Lipinski definition) is 5.